The Kier molecular flexibility index (Phi) is 5.91. The summed E-state index contributed by atoms with van der Waals surface area (Å²) in [6, 6.07) is 11.7. The molecule has 0 aliphatic carbocycles. The second kappa shape index (κ2) is 8.35. The average Bonchev–Trinajstić information content (AvgIpc) is 2.99. The lowest BCUT2D eigenvalue weighted by molar-refractivity contribution is -0.139. The van der Waals surface area contributed by atoms with Gasteiger partial charge in [0.05, 0.1) is 5.69 Å². The minimum absolute atomic E-state index is 0.00513. The predicted molar refractivity (Wildman–Crippen MR) is 103 cm³/mol. The van der Waals surface area contributed by atoms with Gasteiger partial charge >= 0.3 is 0 Å². The summed E-state index contributed by atoms with van der Waals surface area (Å²) in [7, 11) is 1.64. The molecular formula is C20H27N5O2. The molecule has 0 radical (unpaired) electrons. The molecule has 0 unspecified atom stereocenters. The van der Waals surface area contributed by atoms with Crippen LogP contribution in [0.15, 0.2) is 36.4 Å². The van der Waals surface area contributed by atoms with Crippen molar-refractivity contribution in [3.05, 3.63) is 53.3 Å². The highest BCUT2D eigenvalue weighted by atomic mass is 16.2. The van der Waals surface area contributed by atoms with Crippen molar-refractivity contribution in [2.45, 2.75) is 33.0 Å². The molecule has 0 saturated carbocycles. The van der Waals surface area contributed by atoms with Crippen molar-refractivity contribution < 1.29 is 9.59 Å². The molecule has 0 bridgehead atoms. The first kappa shape index (κ1) is 19.1. The van der Waals surface area contributed by atoms with Gasteiger partial charge in [0, 0.05) is 38.9 Å². The Morgan fingerprint density at radius 1 is 1.19 bits per heavy atom. The van der Waals surface area contributed by atoms with Gasteiger partial charge in [-0.2, -0.15) is 5.10 Å². The fraction of sp³-hybridized carbons (Fsp3) is 0.450. The van der Waals surface area contributed by atoms with E-state index < -0.39 is 0 Å². The minimum atomic E-state index is -0.353. The van der Waals surface area contributed by atoms with E-state index in [0.29, 0.717) is 26.2 Å². The van der Waals surface area contributed by atoms with E-state index in [1.807, 2.05) is 38.1 Å². The van der Waals surface area contributed by atoms with Crippen molar-refractivity contribution in [3.8, 4) is 0 Å². The SMILES string of the molecule is CNC(=O)[C@H]1CN(C(=O)Cn2nc(C)cc2C)CCN1Cc1ccccc1. The summed E-state index contributed by atoms with van der Waals surface area (Å²) in [5.74, 6) is -0.0657. The van der Waals surface area contributed by atoms with Crippen molar-refractivity contribution in [2.24, 2.45) is 0 Å². The first-order valence-electron chi connectivity index (χ1n) is 9.26. The molecule has 1 atom stereocenters. The lowest BCUT2D eigenvalue weighted by Crippen LogP contribution is -2.59. The van der Waals surface area contributed by atoms with Gasteiger partial charge in [0.15, 0.2) is 0 Å². The predicted octanol–water partition coefficient (Wildman–Crippen LogP) is 0.959. The van der Waals surface area contributed by atoms with Crippen LogP contribution in [-0.2, 0) is 22.7 Å². The van der Waals surface area contributed by atoms with Gasteiger partial charge in [-0.15, -0.1) is 0 Å². The Morgan fingerprint density at radius 2 is 1.93 bits per heavy atom. The molecule has 27 heavy (non-hydrogen) atoms. The van der Waals surface area contributed by atoms with Crippen LogP contribution in [0, 0.1) is 13.8 Å². The number of benzene rings is 1. The highest BCUT2D eigenvalue weighted by Crippen LogP contribution is 2.15. The molecule has 7 nitrogen and oxygen atoms in total. The molecule has 1 aromatic heterocycles. The van der Waals surface area contributed by atoms with E-state index in [0.717, 1.165) is 17.0 Å². The van der Waals surface area contributed by atoms with Crippen LogP contribution in [0.1, 0.15) is 17.0 Å². The fourth-order valence-corrected chi connectivity index (χ4v) is 3.53. The molecule has 1 fully saturated rings. The first-order chi connectivity index (χ1) is 13.0. The topological polar surface area (TPSA) is 70.5 Å². The molecule has 1 aliphatic rings. The molecule has 144 valence electrons. The summed E-state index contributed by atoms with van der Waals surface area (Å²) in [5.41, 5.74) is 3.02. The average molecular weight is 369 g/mol. The summed E-state index contributed by atoms with van der Waals surface area (Å²) in [6.45, 7) is 6.42. The number of aromatic nitrogens is 2. The number of carbonyl (C=O) groups is 2. The van der Waals surface area contributed by atoms with Crippen LogP contribution in [0.4, 0.5) is 0 Å². The molecule has 0 spiro atoms. The molecule has 3 rings (SSSR count). The van der Waals surface area contributed by atoms with Crippen LogP contribution in [0.2, 0.25) is 0 Å². The van der Waals surface area contributed by atoms with Gasteiger partial charge in [0.2, 0.25) is 11.8 Å². The fourth-order valence-electron chi connectivity index (χ4n) is 3.53. The van der Waals surface area contributed by atoms with Crippen LogP contribution in [-0.4, -0.2) is 64.1 Å². The van der Waals surface area contributed by atoms with E-state index in [1.54, 1.807) is 16.6 Å². The van der Waals surface area contributed by atoms with E-state index in [2.05, 4.69) is 27.4 Å². The van der Waals surface area contributed by atoms with Crippen LogP contribution < -0.4 is 5.32 Å². The highest BCUT2D eigenvalue weighted by molar-refractivity contribution is 5.83. The van der Waals surface area contributed by atoms with Gasteiger partial charge in [0.1, 0.15) is 12.6 Å². The quantitative estimate of drug-likeness (QED) is 0.852. The van der Waals surface area contributed by atoms with Gasteiger partial charge in [-0.25, -0.2) is 0 Å². The third-order valence-corrected chi connectivity index (χ3v) is 5.01. The Labute approximate surface area is 159 Å². The molecule has 7 heteroatoms. The Hall–Kier alpha value is -2.67. The largest absolute Gasteiger partial charge is 0.358 e. The molecule has 1 aliphatic heterocycles. The molecule has 2 aromatic rings. The van der Waals surface area contributed by atoms with E-state index in [9.17, 15) is 9.59 Å². The highest BCUT2D eigenvalue weighted by Gasteiger charge is 2.33. The van der Waals surface area contributed by atoms with E-state index in [-0.39, 0.29) is 24.4 Å². The van der Waals surface area contributed by atoms with Crippen LogP contribution in [0.3, 0.4) is 0 Å². The van der Waals surface area contributed by atoms with Crippen LogP contribution in [0.5, 0.6) is 0 Å². The van der Waals surface area contributed by atoms with Gasteiger partial charge in [-0.3, -0.25) is 19.2 Å². The maximum absolute atomic E-state index is 12.8. The Bertz CT molecular complexity index is 802. The van der Waals surface area contributed by atoms with Gasteiger partial charge in [-0.05, 0) is 25.5 Å². The summed E-state index contributed by atoms with van der Waals surface area (Å²) in [4.78, 5) is 29.1. The number of nitrogens with one attached hydrogen (secondary N) is 1. The first-order valence-corrected chi connectivity index (χ1v) is 9.26. The smallest absolute Gasteiger partial charge is 0.244 e. The third-order valence-electron chi connectivity index (χ3n) is 5.01. The van der Waals surface area contributed by atoms with Crippen molar-refractivity contribution >= 4 is 11.8 Å². The second-order valence-electron chi connectivity index (χ2n) is 7.01. The van der Waals surface area contributed by atoms with Crippen molar-refractivity contribution in [1.29, 1.82) is 0 Å². The van der Waals surface area contributed by atoms with E-state index in [1.165, 1.54) is 0 Å². The Morgan fingerprint density at radius 3 is 2.56 bits per heavy atom. The molecule has 2 heterocycles. The number of likely N-dealkylation sites (N-methyl/N-ethyl adjacent to an activating group) is 1. The zero-order valence-corrected chi connectivity index (χ0v) is 16.2. The molecule has 1 N–H and O–H groups in total. The summed E-state index contributed by atoms with van der Waals surface area (Å²) >= 11 is 0. The molecule has 1 saturated heterocycles. The zero-order valence-electron chi connectivity index (χ0n) is 16.2. The number of carbonyl (C=O) groups excluding carboxylic acids is 2. The number of amides is 2. The summed E-state index contributed by atoms with van der Waals surface area (Å²) < 4.78 is 1.73. The van der Waals surface area contributed by atoms with Crippen LogP contribution >= 0.6 is 0 Å². The van der Waals surface area contributed by atoms with Crippen LogP contribution in [0.25, 0.3) is 0 Å². The van der Waals surface area contributed by atoms with Gasteiger partial charge in [0.25, 0.3) is 0 Å². The van der Waals surface area contributed by atoms with E-state index >= 15 is 0 Å². The lowest BCUT2D eigenvalue weighted by Gasteiger charge is -2.40. The third kappa shape index (κ3) is 4.54. The molecule has 2 amide bonds. The lowest BCUT2D eigenvalue weighted by atomic mass is 10.1. The van der Waals surface area contributed by atoms with E-state index in [4.69, 9.17) is 0 Å². The number of nitrogens with zero attached hydrogens (tertiary/aromatic N) is 4. The maximum Gasteiger partial charge on any atom is 0.244 e. The zero-order chi connectivity index (χ0) is 19.4. The Balaban J connectivity index is 1.69. The number of rotatable bonds is 5. The molecular weight excluding hydrogens is 342 g/mol. The number of hydrogen-bond acceptors (Lipinski definition) is 4. The maximum atomic E-state index is 12.8. The number of piperazine rings is 1. The molecule has 1 aromatic carbocycles. The standard InChI is InChI=1S/C20H27N5O2/c1-15-11-16(2)25(22-15)14-19(26)24-10-9-23(18(13-24)20(27)21-3)12-17-7-5-4-6-8-17/h4-8,11,18H,9-10,12-14H2,1-3H3,(H,21,27)/t18-/m1/s1. The van der Waals surface area contributed by atoms with Gasteiger partial charge < -0.3 is 10.2 Å². The summed E-state index contributed by atoms with van der Waals surface area (Å²) in [6.07, 6.45) is 0. The minimum Gasteiger partial charge on any atom is -0.358 e. The monoisotopic (exact) mass is 369 g/mol. The van der Waals surface area contributed by atoms with Crippen molar-refractivity contribution in [3.63, 3.8) is 0 Å². The van der Waals surface area contributed by atoms with Crippen molar-refractivity contribution in [1.82, 2.24) is 24.9 Å². The number of aryl methyl sites for hydroxylation is 2. The van der Waals surface area contributed by atoms with Gasteiger partial charge in [-0.1, -0.05) is 30.3 Å². The normalized spacial score (nSPS) is 17.7. The van der Waals surface area contributed by atoms with Crippen molar-refractivity contribution in [2.75, 3.05) is 26.7 Å². The number of hydrogen-bond donors (Lipinski definition) is 1. The summed E-state index contributed by atoms with van der Waals surface area (Å²) in [5, 5.41) is 7.10. The second-order valence-corrected chi connectivity index (χ2v) is 7.01.